The summed E-state index contributed by atoms with van der Waals surface area (Å²) >= 11 is 0. The van der Waals surface area contributed by atoms with Gasteiger partial charge in [0.15, 0.2) is 5.65 Å². The van der Waals surface area contributed by atoms with E-state index in [1.807, 2.05) is 56.3 Å². The van der Waals surface area contributed by atoms with Gasteiger partial charge in [0, 0.05) is 0 Å². The fourth-order valence-electron chi connectivity index (χ4n) is 3.36. The SMILES string of the molecule is Cc1cccc(-n2c(N)c(C(=O)OC(C)C)c3nc4ccccc4nc32)c1C. The standard InChI is InChI=1S/C22H22N4O2/c1-12(2)28-22(27)18-19-21(25-16-10-6-5-9-15(16)24-19)26(20(18)23)17-11-7-8-13(3)14(17)4/h5-12H,23H2,1-4H3. The quantitative estimate of drug-likeness (QED) is 0.539. The van der Waals surface area contributed by atoms with Crippen molar-refractivity contribution >= 4 is 34.0 Å². The molecule has 0 bridgehead atoms. The number of ether oxygens (including phenoxy) is 1. The molecule has 28 heavy (non-hydrogen) atoms. The molecule has 0 spiro atoms. The number of aromatic nitrogens is 3. The Kier molecular flexibility index (Phi) is 4.26. The second-order valence-electron chi connectivity index (χ2n) is 7.15. The summed E-state index contributed by atoms with van der Waals surface area (Å²) in [5.41, 5.74) is 12.2. The Morgan fingerprint density at radius 2 is 1.71 bits per heavy atom. The van der Waals surface area contributed by atoms with Gasteiger partial charge in [0.2, 0.25) is 0 Å². The number of carbonyl (C=O) groups excluding carboxylic acids is 1. The summed E-state index contributed by atoms with van der Waals surface area (Å²) in [7, 11) is 0. The van der Waals surface area contributed by atoms with Crippen molar-refractivity contribution in [3.63, 3.8) is 0 Å². The molecular formula is C22H22N4O2. The Bertz CT molecular complexity index is 1220. The highest BCUT2D eigenvalue weighted by Crippen LogP contribution is 2.33. The monoisotopic (exact) mass is 374 g/mol. The van der Waals surface area contributed by atoms with E-state index in [-0.39, 0.29) is 17.5 Å². The molecule has 4 rings (SSSR count). The summed E-state index contributed by atoms with van der Waals surface area (Å²) in [5.74, 6) is -0.212. The molecule has 0 aliphatic rings. The minimum Gasteiger partial charge on any atom is -0.459 e. The van der Waals surface area contributed by atoms with Gasteiger partial charge in [-0.15, -0.1) is 0 Å². The summed E-state index contributed by atoms with van der Waals surface area (Å²) < 4.78 is 7.24. The third-order valence-electron chi connectivity index (χ3n) is 4.86. The number of para-hydroxylation sites is 2. The number of fused-ring (bicyclic) bond motifs is 2. The molecule has 0 saturated carbocycles. The maximum Gasteiger partial charge on any atom is 0.344 e. The first kappa shape index (κ1) is 18.0. The highest BCUT2D eigenvalue weighted by atomic mass is 16.5. The van der Waals surface area contributed by atoms with Crippen molar-refractivity contribution in [2.75, 3.05) is 5.73 Å². The molecule has 4 aromatic rings. The van der Waals surface area contributed by atoms with E-state index in [4.69, 9.17) is 20.4 Å². The first-order valence-electron chi connectivity index (χ1n) is 9.22. The summed E-state index contributed by atoms with van der Waals surface area (Å²) in [6.45, 7) is 7.67. The predicted molar refractivity (Wildman–Crippen MR) is 111 cm³/mol. The normalized spacial score (nSPS) is 11.5. The Morgan fingerprint density at radius 1 is 1.04 bits per heavy atom. The van der Waals surface area contributed by atoms with Gasteiger partial charge in [0.25, 0.3) is 0 Å². The predicted octanol–water partition coefficient (Wildman–Crippen LogP) is 4.34. The van der Waals surface area contributed by atoms with E-state index in [0.717, 1.165) is 22.3 Å². The smallest absolute Gasteiger partial charge is 0.344 e. The minimum absolute atomic E-state index is 0.253. The van der Waals surface area contributed by atoms with Crippen LogP contribution in [-0.2, 0) is 4.74 Å². The van der Waals surface area contributed by atoms with E-state index in [0.29, 0.717) is 16.7 Å². The number of benzene rings is 2. The van der Waals surface area contributed by atoms with Gasteiger partial charge < -0.3 is 10.5 Å². The third kappa shape index (κ3) is 2.78. The van der Waals surface area contributed by atoms with Crippen LogP contribution in [0.4, 0.5) is 5.82 Å². The van der Waals surface area contributed by atoms with Crippen LogP contribution in [0.5, 0.6) is 0 Å². The minimum atomic E-state index is -0.494. The molecule has 0 radical (unpaired) electrons. The van der Waals surface area contributed by atoms with Crippen molar-refractivity contribution in [1.82, 2.24) is 14.5 Å². The van der Waals surface area contributed by atoms with Gasteiger partial charge in [0.05, 0.1) is 22.8 Å². The molecule has 0 atom stereocenters. The number of hydrogen-bond donors (Lipinski definition) is 1. The Hall–Kier alpha value is -3.41. The number of nitrogen functional groups attached to an aromatic ring is 1. The van der Waals surface area contributed by atoms with Crippen molar-refractivity contribution in [1.29, 1.82) is 0 Å². The maximum atomic E-state index is 12.8. The number of esters is 1. The molecule has 6 heteroatoms. The lowest BCUT2D eigenvalue weighted by Gasteiger charge is -2.13. The van der Waals surface area contributed by atoms with Crippen LogP contribution in [-0.4, -0.2) is 26.6 Å². The lowest BCUT2D eigenvalue weighted by atomic mass is 10.1. The number of nitrogens with zero attached hydrogens (tertiary/aromatic N) is 3. The number of aryl methyl sites for hydroxylation is 1. The van der Waals surface area contributed by atoms with Crippen LogP contribution < -0.4 is 5.73 Å². The van der Waals surface area contributed by atoms with Gasteiger partial charge in [-0.3, -0.25) is 4.57 Å². The van der Waals surface area contributed by atoms with E-state index >= 15 is 0 Å². The Balaban J connectivity index is 2.12. The fourth-order valence-corrected chi connectivity index (χ4v) is 3.36. The van der Waals surface area contributed by atoms with Crippen LogP contribution in [0.3, 0.4) is 0 Å². The second-order valence-corrected chi connectivity index (χ2v) is 7.15. The molecule has 0 aliphatic heterocycles. The van der Waals surface area contributed by atoms with Crippen molar-refractivity contribution < 1.29 is 9.53 Å². The number of anilines is 1. The molecule has 0 fully saturated rings. The highest BCUT2D eigenvalue weighted by molar-refractivity contribution is 6.09. The zero-order valence-electron chi connectivity index (χ0n) is 16.4. The van der Waals surface area contributed by atoms with Crippen LogP contribution in [0.25, 0.3) is 27.9 Å². The van der Waals surface area contributed by atoms with Crippen LogP contribution in [0.2, 0.25) is 0 Å². The first-order valence-corrected chi connectivity index (χ1v) is 9.22. The molecule has 2 N–H and O–H groups in total. The largest absolute Gasteiger partial charge is 0.459 e. The lowest BCUT2D eigenvalue weighted by Crippen LogP contribution is -2.14. The number of carbonyl (C=O) groups is 1. The summed E-state index contributed by atoms with van der Waals surface area (Å²) in [5, 5.41) is 0. The molecule has 2 aromatic heterocycles. The molecule has 142 valence electrons. The molecule has 2 heterocycles. The molecule has 0 saturated heterocycles. The van der Waals surface area contributed by atoms with E-state index in [9.17, 15) is 4.79 Å². The van der Waals surface area contributed by atoms with Crippen LogP contribution in [0, 0.1) is 13.8 Å². The maximum absolute atomic E-state index is 12.8. The van der Waals surface area contributed by atoms with E-state index in [2.05, 4.69) is 0 Å². The first-order chi connectivity index (χ1) is 13.4. The average molecular weight is 374 g/mol. The van der Waals surface area contributed by atoms with E-state index in [1.165, 1.54) is 0 Å². The van der Waals surface area contributed by atoms with Crippen LogP contribution in [0.1, 0.15) is 35.3 Å². The zero-order chi connectivity index (χ0) is 20.0. The molecule has 6 nitrogen and oxygen atoms in total. The summed E-state index contributed by atoms with van der Waals surface area (Å²) in [6, 6.07) is 13.5. The Morgan fingerprint density at radius 3 is 2.39 bits per heavy atom. The van der Waals surface area contributed by atoms with Crippen molar-refractivity contribution in [3.05, 3.63) is 59.2 Å². The lowest BCUT2D eigenvalue weighted by molar-refractivity contribution is 0.0381. The van der Waals surface area contributed by atoms with Gasteiger partial charge in [-0.2, -0.15) is 0 Å². The molecule has 0 amide bonds. The van der Waals surface area contributed by atoms with Gasteiger partial charge in [-0.25, -0.2) is 14.8 Å². The van der Waals surface area contributed by atoms with Gasteiger partial charge in [-0.1, -0.05) is 24.3 Å². The number of rotatable bonds is 3. The summed E-state index contributed by atoms with van der Waals surface area (Å²) in [6.07, 6.45) is -0.264. The highest BCUT2D eigenvalue weighted by Gasteiger charge is 2.27. The van der Waals surface area contributed by atoms with Crippen molar-refractivity contribution in [3.8, 4) is 5.69 Å². The molecule has 0 aliphatic carbocycles. The summed E-state index contributed by atoms with van der Waals surface area (Å²) in [4.78, 5) is 22.3. The topological polar surface area (TPSA) is 83.0 Å². The average Bonchev–Trinajstić information content (AvgIpc) is 2.92. The van der Waals surface area contributed by atoms with Crippen molar-refractivity contribution in [2.24, 2.45) is 0 Å². The second kappa shape index (κ2) is 6.64. The van der Waals surface area contributed by atoms with Crippen LogP contribution in [0.15, 0.2) is 42.5 Å². The molecule has 0 unspecified atom stereocenters. The number of hydrogen-bond acceptors (Lipinski definition) is 5. The van der Waals surface area contributed by atoms with E-state index in [1.54, 1.807) is 18.4 Å². The Labute approximate surface area is 163 Å². The van der Waals surface area contributed by atoms with Gasteiger partial charge >= 0.3 is 5.97 Å². The zero-order valence-corrected chi connectivity index (χ0v) is 16.4. The van der Waals surface area contributed by atoms with Gasteiger partial charge in [0.1, 0.15) is 16.9 Å². The molecule has 2 aromatic carbocycles. The number of nitrogens with two attached hydrogens (primary N) is 1. The van der Waals surface area contributed by atoms with E-state index < -0.39 is 5.97 Å². The fraction of sp³-hybridized carbons (Fsp3) is 0.227. The molecular weight excluding hydrogens is 352 g/mol. The van der Waals surface area contributed by atoms with Gasteiger partial charge in [-0.05, 0) is 57.0 Å². The van der Waals surface area contributed by atoms with Crippen LogP contribution >= 0.6 is 0 Å². The third-order valence-corrected chi connectivity index (χ3v) is 4.86. The van der Waals surface area contributed by atoms with Crippen molar-refractivity contribution in [2.45, 2.75) is 33.8 Å².